The Hall–Kier alpha value is -1.61. The van der Waals surface area contributed by atoms with Gasteiger partial charge in [0.15, 0.2) is 0 Å². The molecule has 0 amide bonds. The van der Waals surface area contributed by atoms with E-state index in [-0.39, 0.29) is 0 Å². The van der Waals surface area contributed by atoms with Crippen molar-refractivity contribution in [1.29, 1.82) is 0 Å². The standard InChI is InChI=1S/C12H13N3/c1-2-10-4-5-13-8-11(10)12(3-1)15-7-6-14-9-15/h1-3,6-7,9,13H,4-5,8H2. The third-order valence-electron chi connectivity index (χ3n) is 2.90. The van der Waals surface area contributed by atoms with Crippen molar-refractivity contribution < 1.29 is 0 Å². The maximum Gasteiger partial charge on any atom is 0.0991 e. The lowest BCUT2D eigenvalue weighted by Gasteiger charge is -2.20. The van der Waals surface area contributed by atoms with E-state index in [0.717, 1.165) is 19.5 Å². The molecule has 0 aliphatic carbocycles. The highest BCUT2D eigenvalue weighted by Crippen LogP contribution is 2.21. The smallest absolute Gasteiger partial charge is 0.0991 e. The molecule has 0 atom stereocenters. The Bertz CT molecular complexity index is 460. The molecule has 2 heterocycles. The Labute approximate surface area is 88.8 Å². The van der Waals surface area contributed by atoms with Crippen LogP contribution in [0.4, 0.5) is 0 Å². The Morgan fingerprint density at radius 3 is 3.20 bits per heavy atom. The zero-order valence-corrected chi connectivity index (χ0v) is 8.48. The summed E-state index contributed by atoms with van der Waals surface area (Å²) in [5.41, 5.74) is 4.11. The van der Waals surface area contributed by atoms with Gasteiger partial charge >= 0.3 is 0 Å². The van der Waals surface area contributed by atoms with E-state index in [1.807, 2.05) is 18.7 Å². The highest BCUT2D eigenvalue weighted by molar-refractivity contribution is 5.47. The summed E-state index contributed by atoms with van der Waals surface area (Å²) in [4.78, 5) is 4.09. The van der Waals surface area contributed by atoms with Crippen molar-refractivity contribution in [3.8, 4) is 5.69 Å². The number of benzene rings is 1. The lowest BCUT2D eigenvalue weighted by Crippen LogP contribution is -2.24. The van der Waals surface area contributed by atoms with Gasteiger partial charge < -0.3 is 9.88 Å². The minimum absolute atomic E-state index is 0.962. The van der Waals surface area contributed by atoms with Crippen LogP contribution in [0.15, 0.2) is 36.9 Å². The van der Waals surface area contributed by atoms with E-state index in [2.05, 4.69) is 33.1 Å². The number of fused-ring (bicyclic) bond motifs is 1. The molecule has 0 radical (unpaired) electrons. The molecule has 15 heavy (non-hydrogen) atoms. The van der Waals surface area contributed by atoms with Gasteiger partial charge in [-0.3, -0.25) is 0 Å². The summed E-state index contributed by atoms with van der Waals surface area (Å²) in [6, 6.07) is 6.49. The molecule has 3 rings (SSSR count). The topological polar surface area (TPSA) is 29.9 Å². The fourth-order valence-electron chi connectivity index (χ4n) is 2.14. The molecular weight excluding hydrogens is 186 g/mol. The van der Waals surface area contributed by atoms with Crippen LogP contribution in [0.5, 0.6) is 0 Å². The predicted molar refractivity (Wildman–Crippen MR) is 59.0 cm³/mol. The van der Waals surface area contributed by atoms with Gasteiger partial charge in [0.2, 0.25) is 0 Å². The van der Waals surface area contributed by atoms with Crippen LogP contribution in [-0.4, -0.2) is 16.1 Å². The van der Waals surface area contributed by atoms with Crippen molar-refractivity contribution in [3.63, 3.8) is 0 Å². The Morgan fingerprint density at radius 2 is 2.33 bits per heavy atom. The average molecular weight is 199 g/mol. The highest BCUT2D eigenvalue weighted by Gasteiger charge is 2.12. The number of nitrogens with one attached hydrogen (secondary N) is 1. The molecule has 3 nitrogen and oxygen atoms in total. The SMILES string of the molecule is c1cc2c(c(-n3ccnc3)c1)CNCC2. The third kappa shape index (κ3) is 1.45. The third-order valence-corrected chi connectivity index (χ3v) is 2.90. The first-order chi connectivity index (χ1) is 7.45. The molecule has 1 aromatic heterocycles. The molecule has 3 heteroatoms. The van der Waals surface area contributed by atoms with Gasteiger partial charge in [-0.05, 0) is 30.2 Å². The largest absolute Gasteiger partial charge is 0.312 e. The van der Waals surface area contributed by atoms with Gasteiger partial charge in [0, 0.05) is 18.9 Å². The first-order valence-electron chi connectivity index (χ1n) is 5.25. The number of imidazole rings is 1. The van der Waals surface area contributed by atoms with Crippen LogP contribution < -0.4 is 5.32 Å². The zero-order valence-electron chi connectivity index (χ0n) is 8.48. The molecule has 1 N–H and O–H groups in total. The molecule has 0 spiro atoms. The summed E-state index contributed by atoms with van der Waals surface area (Å²) < 4.78 is 2.08. The molecule has 2 aromatic rings. The minimum atomic E-state index is 0.962. The lowest BCUT2D eigenvalue weighted by molar-refractivity contribution is 0.640. The molecule has 0 saturated heterocycles. The summed E-state index contributed by atoms with van der Waals surface area (Å²) in [6.07, 6.45) is 6.78. The normalized spacial score (nSPS) is 14.9. The van der Waals surface area contributed by atoms with Crippen molar-refractivity contribution in [2.45, 2.75) is 13.0 Å². The van der Waals surface area contributed by atoms with E-state index in [1.54, 1.807) is 0 Å². The van der Waals surface area contributed by atoms with Crippen molar-refractivity contribution in [2.24, 2.45) is 0 Å². The Kier molecular flexibility index (Phi) is 2.03. The van der Waals surface area contributed by atoms with Gasteiger partial charge in [-0.15, -0.1) is 0 Å². The number of aromatic nitrogens is 2. The van der Waals surface area contributed by atoms with Crippen molar-refractivity contribution in [1.82, 2.24) is 14.9 Å². The van der Waals surface area contributed by atoms with E-state index in [1.165, 1.54) is 16.8 Å². The second-order valence-corrected chi connectivity index (χ2v) is 3.81. The summed E-state index contributed by atoms with van der Waals surface area (Å²) in [7, 11) is 0. The molecule has 1 aromatic carbocycles. The molecule has 0 fully saturated rings. The molecule has 0 unspecified atom stereocenters. The van der Waals surface area contributed by atoms with Crippen molar-refractivity contribution in [2.75, 3.05) is 6.54 Å². The maximum atomic E-state index is 4.09. The van der Waals surface area contributed by atoms with Crippen LogP contribution in [0, 0.1) is 0 Å². The number of rotatable bonds is 1. The first kappa shape index (κ1) is 8.68. The van der Waals surface area contributed by atoms with Crippen molar-refractivity contribution >= 4 is 0 Å². The van der Waals surface area contributed by atoms with Gasteiger partial charge in [-0.25, -0.2) is 4.98 Å². The lowest BCUT2D eigenvalue weighted by atomic mass is 9.99. The molecular formula is C12H13N3. The van der Waals surface area contributed by atoms with Gasteiger partial charge in [-0.2, -0.15) is 0 Å². The maximum absolute atomic E-state index is 4.09. The Balaban J connectivity index is 2.15. The van der Waals surface area contributed by atoms with Crippen LogP contribution >= 0.6 is 0 Å². The molecule has 0 bridgehead atoms. The summed E-state index contributed by atoms with van der Waals surface area (Å²) in [5.74, 6) is 0. The summed E-state index contributed by atoms with van der Waals surface area (Å²) in [6.45, 7) is 2.05. The second kappa shape index (κ2) is 3.51. The van der Waals surface area contributed by atoms with Crippen LogP contribution in [0.1, 0.15) is 11.1 Å². The predicted octanol–water partition coefficient (Wildman–Crippen LogP) is 1.52. The zero-order chi connectivity index (χ0) is 10.1. The van der Waals surface area contributed by atoms with Crippen molar-refractivity contribution in [3.05, 3.63) is 48.0 Å². The van der Waals surface area contributed by atoms with E-state index in [4.69, 9.17) is 0 Å². The number of hydrogen-bond donors (Lipinski definition) is 1. The van der Waals surface area contributed by atoms with Gasteiger partial charge in [0.1, 0.15) is 0 Å². The van der Waals surface area contributed by atoms with Gasteiger partial charge in [0.25, 0.3) is 0 Å². The van der Waals surface area contributed by atoms with E-state index >= 15 is 0 Å². The minimum Gasteiger partial charge on any atom is -0.312 e. The van der Waals surface area contributed by atoms with E-state index in [9.17, 15) is 0 Å². The van der Waals surface area contributed by atoms with Crippen LogP contribution in [-0.2, 0) is 13.0 Å². The van der Waals surface area contributed by atoms with Gasteiger partial charge in [-0.1, -0.05) is 12.1 Å². The second-order valence-electron chi connectivity index (χ2n) is 3.81. The fourth-order valence-corrected chi connectivity index (χ4v) is 2.14. The quantitative estimate of drug-likeness (QED) is 0.754. The molecule has 1 aliphatic heterocycles. The van der Waals surface area contributed by atoms with Crippen LogP contribution in [0.25, 0.3) is 5.69 Å². The van der Waals surface area contributed by atoms with Crippen LogP contribution in [0.2, 0.25) is 0 Å². The Morgan fingerprint density at radius 1 is 1.33 bits per heavy atom. The van der Waals surface area contributed by atoms with E-state index < -0.39 is 0 Å². The highest BCUT2D eigenvalue weighted by atomic mass is 15.0. The summed E-state index contributed by atoms with van der Waals surface area (Å²) >= 11 is 0. The summed E-state index contributed by atoms with van der Waals surface area (Å²) in [5, 5.41) is 3.41. The molecule has 1 aliphatic rings. The first-order valence-corrected chi connectivity index (χ1v) is 5.25. The molecule has 0 saturated carbocycles. The number of hydrogen-bond acceptors (Lipinski definition) is 2. The fraction of sp³-hybridized carbons (Fsp3) is 0.250. The van der Waals surface area contributed by atoms with Crippen LogP contribution in [0.3, 0.4) is 0 Å². The molecule has 76 valence electrons. The monoisotopic (exact) mass is 199 g/mol. The van der Waals surface area contributed by atoms with E-state index in [0.29, 0.717) is 0 Å². The number of nitrogens with zero attached hydrogens (tertiary/aromatic N) is 2. The average Bonchev–Trinajstić information content (AvgIpc) is 2.82. The van der Waals surface area contributed by atoms with Gasteiger partial charge in [0.05, 0.1) is 12.0 Å².